The Balaban J connectivity index is 1.28. The molecule has 5 heteroatoms. The van der Waals surface area contributed by atoms with Gasteiger partial charge in [0.1, 0.15) is 0 Å². The zero-order valence-electron chi connectivity index (χ0n) is 27.5. The van der Waals surface area contributed by atoms with Crippen LogP contribution in [0.5, 0.6) is 0 Å². The lowest BCUT2D eigenvalue weighted by Gasteiger charge is -2.16. The van der Waals surface area contributed by atoms with E-state index in [-0.39, 0.29) is 0 Å². The van der Waals surface area contributed by atoms with Crippen molar-refractivity contribution in [2.24, 2.45) is 0 Å². The van der Waals surface area contributed by atoms with E-state index in [9.17, 15) is 0 Å². The molecule has 0 radical (unpaired) electrons. The molecule has 0 aliphatic rings. The van der Waals surface area contributed by atoms with Crippen LogP contribution >= 0.6 is 0 Å². The lowest BCUT2D eigenvalue weighted by molar-refractivity contribution is 1.17. The molecular weight excluding hydrogens is 623 g/mol. The summed E-state index contributed by atoms with van der Waals surface area (Å²) in [5, 5.41) is 5.81. The van der Waals surface area contributed by atoms with Gasteiger partial charge in [-0.25, -0.2) is 9.97 Å². The second-order valence-electron chi connectivity index (χ2n) is 12.7. The summed E-state index contributed by atoms with van der Waals surface area (Å²) >= 11 is 0. The molecule has 5 aromatic heterocycles. The maximum absolute atomic E-state index is 5.47. The second kappa shape index (κ2) is 11.9. The predicted octanol–water partition coefficient (Wildman–Crippen LogP) is 11.3. The van der Waals surface area contributed by atoms with Gasteiger partial charge in [0.15, 0.2) is 0 Å². The second-order valence-corrected chi connectivity index (χ2v) is 12.7. The quantitative estimate of drug-likeness (QED) is 0.186. The van der Waals surface area contributed by atoms with E-state index in [1.165, 1.54) is 10.8 Å². The van der Waals surface area contributed by atoms with E-state index in [4.69, 9.17) is 9.97 Å². The molecule has 10 aromatic rings. The molecule has 5 aromatic carbocycles. The number of pyridine rings is 4. The molecule has 0 spiro atoms. The minimum atomic E-state index is 0.798. The van der Waals surface area contributed by atoms with Crippen molar-refractivity contribution in [3.05, 3.63) is 176 Å². The average molecular weight is 652 g/mol. The van der Waals surface area contributed by atoms with Gasteiger partial charge in [-0.1, -0.05) is 103 Å². The van der Waals surface area contributed by atoms with Crippen LogP contribution in [0.25, 0.3) is 94.3 Å². The smallest absolute Gasteiger partial charge is 0.0962 e. The summed E-state index contributed by atoms with van der Waals surface area (Å²) in [6.45, 7) is 0. The van der Waals surface area contributed by atoms with Gasteiger partial charge in [-0.15, -0.1) is 0 Å². The van der Waals surface area contributed by atoms with Crippen molar-refractivity contribution < 1.29 is 0 Å². The monoisotopic (exact) mass is 651 g/mol. The Morgan fingerprint density at radius 3 is 1.67 bits per heavy atom. The topological polar surface area (TPSA) is 56.5 Å². The number of nitrogens with zero attached hydrogens (tertiary/aromatic N) is 5. The molecule has 0 aliphatic heterocycles. The lowest BCUT2D eigenvalue weighted by atomic mass is 9.92. The summed E-state index contributed by atoms with van der Waals surface area (Å²) in [5.41, 5.74) is 11.7. The van der Waals surface area contributed by atoms with Crippen LogP contribution in [0, 0.1) is 0 Å². The Kier molecular flexibility index (Phi) is 6.74. The number of para-hydroxylation sites is 3. The van der Waals surface area contributed by atoms with Crippen LogP contribution in [0.15, 0.2) is 176 Å². The maximum Gasteiger partial charge on any atom is 0.0962 e. The molecule has 0 unspecified atom stereocenters. The van der Waals surface area contributed by atoms with Crippen molar-refractivity contribution >= 4 is 43.5 Å². The minimum absolute atomic E-state index is 0.798. The van der Waals surface area contributed by atoms with Gasteiger partial charge in [-0.05, 0) is 82.6 Å². The van der Waals surface area contributed by atoms with Crippen LogP contribution in [0.4, 0.5) is 0 Å². The standard InChI is InChI=1S/C46H29N5/c1-2-14-31(15-3-1)51-43-23-9-7-19-37(43)44-36-18-6-8-20-38(36)50-45(46(44)51)35-25-24-32(33-16-4-5-17-34(33)35)30-28-41(39-21-10-12-26-47-39)49-42(29-30)40-22-11-13-27-48-40/h1-29H. The number of aromatic nitrogens is 5. The first-order valence-corrected chi connectivity index (χ1v) is 17.1. The fourth-order valence-corrected chi connectivity index (χ4v) is 7.46. The molecule has 0 saturated carbocycles. The molecule has 5 nitrogen and oxygen atoms in total. The predicted molar refractivity (Wildman–Crippen MR) is 209 cm³/mol. The SMILES string of the molecule is c1ccc(-n2c3ccccc3c3c4ccccc4nc(-c4ccc(-c5cc(-c6ccccn6)nc(-c6ccccn6)c5)c5ccccc45)c32)cc1. The first-order chi connectivity index (χ1) is 25.3. The Morgan fingerprint density at radius 1 is 0.412 bits per heavy atom. The van der Waals surface area contributed by atoms with Gasteiger partial charge >= 0.3 is 0 Å². The van der Waals surface area contributed by atoms with Crippen LogP contribution in [-0.2, 0) is 0 Å². The summed E-state index contributed by atoms with van der Waals surface area (Å²) < 4.78 is 2.38. The molecule has 10 rings (SSSR count). The van der Waals surface area contributed by atoms with Crippen molar-refractivity contribution in [3.63, 3.8) is 0 Å². The largest absolute Gasteiger partial charge is 0.307 e. The highest BCUT2D eigenvalue weighted by Crippen LogP contribution is 2.44. The Hall–Kier alpha value is -6.98. The minimum Gasteiger partial charge on any atom is -0.307 e. The first kappa shape index (κ1) is 29.0. The van der Waals surface area contributed by atoms with Gasteiger partial charge in [0.05, 0.1) is 45.0 Å². The molecular formula is C46H29N5. The average Bonchev–Trinajstić information content (AvgIpc) is 3.57. The number of benzene rings is 5. The number of hydrogen-bond donors (Lipinski definition) is 0. The number of fused-ring (bicyclic) bond motifs is 6. The van der Waals surface area contributed by atoms with Gasteiger partial charge < -0.3 is 4.57 Å². The summed E-state index contributed by atoms with van der Waals surface area (Å²) in [7, 11) is 0. The van der Waals surface area contributed by atoms with E-state index in [2.05, 4.69) is 142 Å². The lowest BCUT2D eigenvalue weighted by Crippen LogP contribution is -1.98. The van der Waals surface area contributed by atoms with E-state index in [1.54, 1.807) is 12.4 Å². The van der Waals surface area contributed by atoms with Gasteiger partial charge in [-0.2, -0.15) is 0 Å². The molecule has 51 heavy (non-hydrogen) atoms. The molecule has 0 fully saturated rings. The summed E-state index contributed by atoms with van der Waals surface area (Å²) in [5.74, 6) is 0. The highest BCUT2D eigenvalue weighted by molar-refractivity contribution is 6.24. The highest BCUT2D eigenvalue weighted by atomic mass is 15.0. The molecule has 5 heterocycles. The summed E-state index contributed by atoms with van der Waals surface area (Å²) in [4.78, 5) is 19.8. The Bertz CT molecular complexity index is 2840. The van der Waals surface area contributed by atoms with E-state index in [0.717, 1.165) is 83.6 Å². The van der Waals surface area contributed by atoms with Crippen molar-refractivity contribution in [1.29, 1.82) is 0 Å². The zero-order chi connectivity index (χ0) is 33.7. The fraction of sp³-hybridized carbons (Fsp3) is 0. The van der Waals surface area contributed by atoms with Crippen LogP contribution in [-0.4, -0.2) is 24.5 Å². The molecule has 238 valence electrons. The normalized spacial score (nSPS) is 11.5. The van der Waals surface area contributed by atoms with Crippen LogP contribution in [0.3, 0.4) is 0 Å². The van der Waals surface area contributed by atoms with Crippen molar-refractivity contribution in [1.82, 2.24) is 24.5 Å². The fourth-order valence-electron chi connectivity index (χ4n) is 7.46. The highest BCUT2D eigenvalue weighted by Gasteiger charge is 2.22. The van der Waals surface area contributed by atoms with Crippen LogP contribution < -0.4 is 0 Å². The van der Waals surface area contributed by atoms with Gasteiger partial charge in [0.2, 0.25) is 0 Å². The van der Waals surface area contributed by atoms with E-state index in [1.807, 2.05) is 36.4 Å². The van der Waals surface area contributed by atoms with Crippen LogP contribution in [0.2, 0.25) is 0 Å². The van der Waals surface area contributed by atoms with E-state index < -0.39 is 0 Å². The molecule has 0 bridgehead atoms. The Morgan fingerprint density at radius 2 is 0.980 bits per heavy atom. The molecule has 0 amide bonds. The Labute approximate surface area is 294 Å². The number of hydrogen-bond acceptors (Lipinski definition) is 4. The third-order valence-electron chi connectivity index (χ3n) is 9.69. The summed E-state index contributed by atoms with van der Waals surface area (Å²) in [6.07, 6.45) is 3.61. The molecule has 0 aliphatic carbocycles. The molecule has 0 saturated heterocycles. The van der Waals surface area contributed by atoms with Crippen LogP contribution in [0.1, 0.15) is 0 Å². The molecule has 0 N–H and O–H groups in total. The van der Waals surface area contributed by atoms with E-state index >= 15 is 0 Å². The van der Waals surface area contributed by atoms with E-state index in [0.29, 0.717) is 0 Å². The summed E-state index contributed by atoms with van der Waals surface area (Å²) in [6, 6.07) is 57.0. The maximum atomic E-state index is 5.47. The zero-order valence-corrected chi connectivity index (χ0v) is 27.5. The third kappa shape index (κ3) is 4.78. The third-order valence-corrected chi connectivity index (χ3v) is 9.69. The van der Waals surface area contributed by atoms with Crippen molar-refractivity contribution in [2.75, 3.05) is 0 Å². The van der Waals surface area contributed by atoms with Gasteiger partial charge in [0, 0.05) is 39.8 Å². The van der Waals surface area contributed by atoms with Crippen molar-refractivity contribution in [2.45, 2.75) is 0 Å². The van der Waals surface area contributed by atoms with Crippen molar-refractivity contribution in [3.8, 4) is 50.8 Å². The number of rotatable bonds is 5. The molecule has 0 atom stereocenters. The van der Waals surface area contributed by atoms with Gasteiger partial charge in [0.25, 0.3) is 0 Å². The van der Waals surface area contributed by atoms with Gasteiger partial charge in [-0.3, -0.25) is 9.97 Å². The first-order valence-electron chi connectivity index (χ1n) is 17.1.